The van der Waals surface area contributed by atoms with E-state index < -0.39 is 0 Å². The molecule has 2 aliphatic rings. The molecule has 2 atom stereocenters. The van der Waals surface area contributed by atoms with Crippen LogP contribution in [0.15, 0.2) is 26.1 Å². The molecule has 1 fully saturated rings. The molecule has 0 bridgehead atoms. The summed E-state index contributed by atoms with van der Waals surface area (Å²) in [5, 5.41) is 6.28. The number of carbonyl (C=O) groups excluding carboxylic acids is 1. The Kier molecular flexibility index (Phi) is 3.16. The molecular weight excluding hydrogens is 295 g/mol. The Morgan fingerprint density at radius 2 is 2.39 bits per heavy atom. The SMILES string of the molecule is CC1NCCC1C(=O)Nc1cccc2c1N=[Se]=N2. The van der Waals surface area contributed by atoms with Crippen molar-refractivity contribution in [3.8, 4) is 0 Å². The molecule has 3 rings (SSSR count). The van der Waals surface area contributed by atoms with Crippen LogP contribution >= 0.6 is 0 Å². The van der Waals surface area contributed by atoms with E-state index in [4.69, 9.17) is 0 Å². The number of nitrogens with zero attached hydrogens (tertiary/aromatic N) is 2. The molecule has 0 aromatic heterocycles. The summed E-state index contributed by atoms with van der Waals surface area (Å²) in [5.41, 5.74) is 2.52. The van der Waals surface area contributed by atoms with E-state index in [-0.39, 0.29) is 32.4 Å². The minimum atomic E-state index is -0.0641. The van der Waals surface area contributed by atoms with E-state index in [2.05, 4.69) is 25.5 Å². The molecule has 0 saturated carbocycles. The summed E-state index contributed by atoms with van der Waals surface area (Å²) >= 11 is -0.0641. The summed E-state index contributed by atoms with van der Waals surface area (Å²) in [4.78, 5) is 12.2. The molecule has 1 saturated heterocycles. The van der Waals surface area contributed by atoms with E-state index >= 15 is 0 Å². The van der Waals surface area contributed by atoms with Crippen LogP contribution in [0.25, 0.3) is 0 Å². The van der Waals surface area contributed by atoms with Crippen LogP contribution in [0.2, 0.25) is 0 Å². The van der Waals surface area contributed by atoms with Crippen LogP contribution in [0.1, 0.15) is 13.3 Å². The van der Waals surface area contributed by atoms with Gasteiger partial charge in [0.1, 0.15) is 0 Å². The van der Waals surface area contributed by atoms with Crippen molar-refractivity contribution in [2.75, 3.05) is 11.9 Å². The first-order valence-electron chi connectivity index (χ1n) is 6.01. The molecule has 1 amide bonds. The average Bonchev–Trinajstić information content (AvgIpc) is 2.97. The van der Waals surface area contributed by atoms with Gasteiger partial charge in [0.2, 0.25) is 0 Å². The molecule has 94 valence electrons. The zero-order valence-corrected chi connectivity index (χ0v) is 11.7. The summed E-state index contributed by atoms with van der Waals surface area (Å²) in [6.07, 6.45) is 0.896. The molecule has 0 aliphatic carbocycles. The van der Waals surface area contributed by atoms with Gasteiger partial charge < -0.3 is 0 Å². The Hall–Kier alpha value is -1.23. The zero-order chi connectivity index (χ0) is 12.5. The topological polar surface area (TPSA) is 65.8 Å². The van der Waals surface area contributed by atoms with Crippen molar-refractivity contribution in [3.63, 3.8) is 0 Å². The third-order valence-electron chi connectivity index (χ3n) is 3.41. The standard InChI is InChI=1S/C12H14N4OSe/c1-7-8(5-6-13-7)12(17)14-9-3-2-4-10-11(9)16-18-15-10/h2-4,7-8,13H,5-6H2,1H3,(H,14,17). The van der Waals surface area contributed by atoms with Gasteiger partial charge >= 0.3 is 111 Å². The van der Waals surface area contributed by atoms with Gasteiger partial charge in [-0.15, -0.1) is 0 Å². The Bertz CT molecular complexity index is 565. The number of anilines is 1. The van der Waals surface area contributed by atoms with E-state index in [1.165, 1.54) is 0 Å². The fourth-order valence-corrected chi connectivity index (χ4v) is 3.50. The Labute approximate surface area is 111 Å². The van der Waals surface area contributed by atoms with Gasteiger partial charge in [-0.05, 0) is 0 Å². The summed E-state index contributed by atoms with van der Waals surface area (Å²) in [7, 11) is 0. The average molecular weight is 309 g/mol. The number of fused-ring (bicyclic) bond motifs is 1. The van der Waals surface area contributed by atoms with Crippen molar-refractivity contribution in [2.24, 2.45) is 13.8 Å². The maximum absolute atomic E-state index is 12.2. The predicted molar refractivity (Wildman–Crippen MR) is 70.6 cm³/mol. The van der Waals surface area contributed by atoms with E-state index in [0.29, 0.717) is 0 Å². The quantitative estimate of drug-likeness (QED) is 0.833. The first-order valence-corrected chi connectivity index (χ1v) is 7.54. The predicted octanol–water partition coefficient (Wildman–Crippen LogP) is 1.97. The molecule has 2 N–H and O–H groups in total. The number of hydrogen-bond donors (Lipinski definition) is 2. The van der Waals surface area contributed by atoms with E-state index in [9.17, 15) is 4.79 Å². The molecule has 0 spiro atoms. The summed E-state index contributed by atoms with van der Waals surface area (Å²) in [6.45, 7) is 2.96. The molecule has 1 aromatic rings. The Morgan fingerprint density at radius 1 is 1.50 bits per heavy atom. The van der Waals surface area contributed by atoms with E-state index in [1.807, 2.05) is 18.2 Å². The summed E-state index contributed by atoms with van der Waals surface area (Å²) in [6, 6.07) is 5.98. The molecule has 2 heterocycles. The Morgan fingerprint density at radius 3 is 3.17 bits per heavy atom. The number of nitrogens with one attached hydrogen (secondary N) is 2. The minimum absolute atomic E-state index is 0.0460. The van der Waals surface area contributed by atoms with Crippen LogP contribution in [-0.4, -0.2) is 33.1 Å². The van der Waals surface area contributed by atoms with Crippen molar-refractivity contribution in [1.29, 1.82) is 0 Å². The fraction of sp³-hybridized carbons (Fsp3) is 0.417. The molecule has 18 heavy (non-hydrogen) atoms. The summed E-state index contributed by atoms with van der Waals surface area (Å²) < 4.78 is 8.68. The normalized spacial score (nSPS) is 24.7. The fourth-order valence-electron chi connectivity index (χ4n) is 2.35. The van der Waals surface area contributed by atoms with Gasteiger partial charge in [-0.2, -0.15) is 0 Å². The van der Waals surface area contributed by atoms with Gasteiger partial charge in [0.05, 0.1) is 0 Å². The molecule has 0 radical (unpaired) electrons. The number of benzene rings is 1. The first-order chi connectivity index (χ1) is 8.75. The van der Waals surface area contributed by atoms with E-state index in [1.54, 1.807) is 0 Å². The van der Waals surface area contributed by atoms with Crippen molar-refractivity contribution in [2.45, 2.75) is 19.4 Å². The molecular formula is C12H14N4OSe. The number of rotatable bonds is 2. The number of amides is 1. The number of carbonyl (C=O) groups is 1. The summed E-state index contributed by atoms with van der Waals surface area (Å²) in [5.74, 6) is 0.125. The van der Waals surface area contributed by atoms with Crippen LogP contribution < -0.4 is 10.6 Å². The second-order valence-electron chi connectivity index (χ2n) is 4.56. The number of hydrogen-bond acceptors (Lipinski definition) is 4. The first kappa shape index (κ1) is 11.8. The third-order valence-corrected chi connectivity index (χ3v) is 4.54. The second kappa shape index (κ2) is 4.80. The molecule has 2 unspecified atom stereocenters. The maximum atomic E-state index is 12.2. The van der Waals surface area contributed by atoms with Crippen LogP contribution in [0.4, 0.5) is 17.1 Å². The van der Waals surface area contributed by atoms with E-state index in [0.717, 1.165) is 30.0 Å². The monoisotopic (exact) mass is 310 g/mol. The Balaban J connectivity index is 1.80. The van der Waals surface area contributed by atoms with Gasteiger partial charge in [-0.1, -0.05) is 0 Å². The third kappa shape index (κ3) is 2.07. The second-order valence-corrected chi connectivity index (χ2v) is 5.67. The van der Waals surface area contributed by atoms with Crippen molar-refractivity contribution in [1.82, 2.24) is 5.32 Å². The van der Waals surface area contributed by atoms with Crippen LogP contribution in [0.5, 0.6) is 0 Å². The molecule has 1 aromatic carbocycles. The van der Waals surface area contributed by atoms with Crippen molar-refractivity contribution < 1.29 is 4.79 Å². The molecule has 6 heteroatoms. The van der Waals surface area contributed by atoms with Crippen LogP contribution in [0.3, 0.4) is 0 Å². The zero-order valence-electron chi connectivity index (χ0n) is 10.0. The van der Waals surface area contributed by atoms with Gasteiger partial charge in [0, 0.05) is 0 Å². The van der Waals surface area contributed by atoms with Gasteiger partial charge in [-0.25, -0.2) is 0 Å². The van der Waals surface area contributed by atoms with Crippen molar-refractivity contribution >= 4 is 37.5 Å². The molecule has 5 nitrogen and oxygen atoms in total. The van der Waals surface area contributed by atoms with Crippen molar-refractivity contribution in [3.05, 3.63) is 18.2 Å². The molecule has 2 aliphatic heterocycles. The van der Waals surface area contributed by atoms with Crippen LogP contribution in [-0.2, 0) is 4.79 Å². The van der Waals surface area contributed by atoms with Gasteiger partial charge in [0.25, 0.3) is 0 Å². The van der Waals surface area contributed by atoms with Gasteiger partial charge in [-0.3, -0.25) is 0 Å². The van der Waals surface area contributed by atoms with Crippen LogP contribution in [0, 0.1) is 5.92 Å². The van der Waals surface area contributed by atoms with Gasteiger partial charge in [0.15, 0.2) is 0 Å².